The van der Waals surface area contributed by atoms with E-state index in [4.69, 9.17) is 9.97 Å². The number of alkyl halides is 4. The van der Waals surface area contributed by atoms with Crippen LogP contribution < -0.4 is 0 Å². The van der Waals surface area contributed by atoms with Crippen LogP contribution in [0.3, 0.4) is 0 Å². The van der Waals surface area contributed by atoms with Crippen LogP contribution in [-0.2, 0) is 17.7 Å². The first kappa shape index (κ1) is 37.9. The largest absolute Gasteiger partial charge is 0.355 e. The Bertz CT molecular complexity index is 2810. The lowest BCUT2D eigenvalue weighted by Gasteiger charge is -2.13. The fourth-order valence-corrected chi connectivity index (χ4v) is 9.43. The third-order valence-corrected chi connectivity index (χ3v) is 13.8. The fraction of sp³-hybridized carbons (Fsp3) is 0.0833. The van der Waals surface area contributed by atoms with Crippen LogP contribution in [0.5, 0.6) is 0 Å². The van der Waals surface area contributed by atoms with Crippen molar-refractivity contribution in [3.05, 3.63) is 178 Å². The van der Waals surface area contributed by atoms with Gasteiger partial charge in [-0.05, 0) is 93.1 Å². The molecule has 4 aromatic carbocycles. The SMILES string of the molecule is ICc1ccc(C2=Cc3cc4ccc(cc5nc(cc6[nH]c(c(-c7ccc(CI)cc7)c2n3)c(-c2ccc(CI)cc2)c6-c2ccc(CI)cc2)C=C5)[nH]4)cc1. The van der Waals surface area contributed by atoms with E-state index in [2.05, 4.69) is 246 Å². The molecule has 0 atom stereocenters. The van der Waals surface area contributed by atoms with Crippen molar-refractivity contribution in [1.82, 2.24) is 19.9 Å². The Labute approximate surface area is 381 Å². The van der Waals surface area contributed by atoms with Crippen molar-refractivity contribution >= 4 is 136 Å². The van der Waals surface area contributed by atoms with Gasteiger partial charge in [-0.25, -0.2) is 9.97 Å². The van der Waals surface area contributed by atoms with Crippen LogP contribution >= 0.6 is 90.4 Å². The number of H-pyrrole nitrogens is 2. The molecule has 0 fully saturated rings. The predicted molar refractivity (Wildman–Crippen MR) is 271 cm³/mol. The Hall–Kier alpha value is -3.60. The van der Waals surface area contributed by atoms with Gasteiger partial charge in [-0.2, -0.15) is 0 Å². The predicted octanol–water partition coefficient (Wildman–Crippen LogP) is 14.8. The van der Waals surface area contributed by atoms with Crippen molar-refractivity contribution in [1.29, 1.82) is 0 Å². The second-order valence-corrected chi connectivity index (χ2v) is 17.0. The summed E-state index contributed by atoms with van der Waals surface area (Å²) in [7, 11) is 0. The standard InChI is InChI=1S/C48H34I4N4/c49-25-29-1-9-33(10-2-29)42-23-41-22-39-18-17-37(53-39)21-38-19-20-40(54-38)24-43-44(34-11-3-30(26-50)4-12-34)45(35-13-5-31(27-51)6-14-35)48(56-43)46(47(42)55-41)36-15-7-32(28-52)8-16-36/h1-24,53,56H,25-28H2. The molecular weight excluding hydrogens is 1140 g/mol. The van der Waals surface area contributed by atoms with E-state index in [1.165, 1.54) is 22.3 Å². The molecule has 8 bridgehead atoms. The second kappa shape index (κ2) is 16.7. The highest BCUT2D eigenvalue weighted by molar-refractivity contribution is 14.1. The van der Waals surface area contributed by atoms with Gasteiger partial charge in [0.1, 0.15) is 0 Å². The van der Waals surface area contributed by atoms with Gasteiger partial charge in [-0.15, -0.1) is 0 Å². The Balaban J connectivity index is 1.50. The summed E-state index contributed by atoms with van der Waals surface area (Å²) in [5.74, 6) is 0. The highest BCUT2D eigenvalue weighted by Gasteiger charge is 2.25. The lowest BCUT2D eigenvalue weighted by Crippen LogP contribution is -1.94. The van der Waals surface area contributed by atoms with Gasteiger partial charge in [0.15, 0.2) is 0 Å². The Morgan fingerprint density at radius 3 is 1.38 bits per heavy atom. The molecule has 0 saturated heterocycles. The fourth-order valence-electron chi connectivity index (χ4n) is 7.40. The maximum atomic E-state index is 5.55. The van der Waals surface area contributed by atoms with Gasteiger partial charge in [-0.3, -0.25) is 0 Å². The summed E-state index contributed by atoms with van der Waals surface area (Å²) in [6, 6.07) is 46.8. The molecule has 0 unspecified atom stereocenters. The first-order valence-corrected chi connectivity index (χ1v) is 24.4. The molecule has 0 amide bonds. The minimum absolute atomic E-state index is 0.893. The van der Waals surface area contributed by atoms with E-state index >= 15 is 0 Å². The molecule has 3 aromatic heterocycles. The zero-order valence-electron chi connectivity index (χ0n) is 30.1. The van der Waals surface area contributed by atoms with E-state index in [0.717, 1.165) is 107 Å². The van der Waals surface area contributed by atoms with Crippen molar-refractivity contribution in [3.63, 3.8) is 0 Å². The Kier molecular flexibility index (Phi) is 11.3. The van der Waals surface area contributed by atoms with Gasteiger partial charge in [0.25, 0.3) is 0 Å². The zero-order valence-corrected chi connectivity index (χ0v) is 38.7. The lowest BCUT2D eigenvalue weighted by atomic mass is 9.90. The normalized spacial score (nSPS) is 12.2. The number of aromatic nitrogens is 4. The molecule has 0 saturated carbocycles. The smallest absolute Gasteiger partial charge is 0.0815 e. The summed E-state index contributed by atoms with van der Waals surface area (Å²) in [4.78, 5) is 18.3. The summed E-state index contributed by atoms with van der Waals surface area (Å²) in [6.45, 7) is 0. The minimum Gasteiger partial charge on any atom is -0.355 e. The third-order valence-electron chi connectivity index (χ3n) is 10.2. The first-order chi connectivity index (χ1) is 27.5. The van der Waals surface area contributed by atoms with Crippen molar-refractivity contribution < 1.29 is 0 Å². The number of aromatic amines is 2. The van der Waals surface area contributed by atoms with Crippen molar-refractivity contribution in [2.45, 2.75) is 17.7 Å². The Morgan fingerprint density at radius 1 is 0.411 bits per heavy atom. The monoisotopic (exact) mass is 1170 g/mol. The molecule has 4 nitrogen and oxygen atoms in total. The van der Waals surface area contributed by atoms with E-state index in [-0.39, 0.29) is 0 Å². The average Bonchev–Trinajstić information content (AvgIpc) is 4.06. The summed E-state index contributed by atoms with van der Waals surface area (Å²) < 4.78 is 3.79. The van der Waals surface area contributed by atoms with Crippen LogP contribution in [0, 0.1) is 0 Å². The molecule has 2 aliphatic heterocycles. The molecule has 9 rings (SSSR count). The van der Waals surface area contributed by atoms with Gasteiger partial charge in [0, 0.05) is 56.5 Å². The van der Waals surface area contributed by atoms with Gasteiger partial charge in [0.05, 0.1) is 28.3 Å². The molecule has 0 aliphatic carbocycles. The number of nitrogens with zero attached hydrogens (tertiary/aromatic N) is 2. The molecule has 7 aromatic rings. The van der Waals surface area contributed by atoms with Gasteiger partial charge >= 0.3 is 0 Å². The number of rotatable bonds is 8. The molecule has 5 heterocycles. The first-order valence-electron chi connectivity index (χ1n) is 18.3. The van der Waals surface area contributed by atoms with E-state index < -0.39 is 0 Å². The zero-order chi connectivity index (χ0) is 38.2. The molecule has 2 aliphatic rings. The van der Waals surface area contributed by atoms with E-state index in [0.29, 0.717) is 0 Å². The second-order valence-electron chi connectivity index (χ2n) is 13.9. The van der Waals surface area contributed by atoms with E-state index in [1.54, 1.807) is 0 Å². The summed E-state index contributed by atoms with van der Waals surface area (Å²) in [6.07, 6.45) is 6.44. The molecule has 0 spiro atoms. The van der Waals surface area contributed by atoms with Gasteiger partial charge in [0.2, 0.25) is 0 Å². The number of hydrogen-bond donors (Lipinski definition) is 2. The molecule has 274 valence electrons. The summed E-state index contributed by atoms with van der Waals surface area (Å²) in [5.41, 5.74) is 21.8. The Morgan fingerprint density at radius 2 is 0.857 bits per heavy atom. The van der Waals surface area contributed by atoms with Gasteiger partial charge < -0.3 is 9.97 Å². The van der Waals surface area contributed by atoms with Crippen LogP contribution in [0.1, 0.15) is 50.6 Å². The van der Waals surface area contributed by atoms with Crippen LogP contribution in [0.15, 0.2) is 127 Å². The quantitative estimate of drug-likeness (QED) is 0.118. The van der Waals surface area contributed by atoms with Crippen molar-refractivity contribution in [3.8, 4) is 33.4 Å². The average molecular weight is 1170 g/mol. The maximum absolute atomic E-state index is 5.55. The lowest BCUT2D eigenvalue weighted by molar-refractivity contribution is 1.30. The van der Waals surface area contributed by atoms with Crippen molar-refractivity contribution in [2.24, 2.45) is 0 Å². The van der Waals surface area contributed by atoms with Gasteiger partial charge in [-0.1, -0.05) is 187 Å². The topological polar surface area (TPSA) is 57.4 Å². The van der Waals surface area contributed by atoms with Crippen molar-refractivity contribution in [2.75, 3.05) is 0 Å². The number of halogens is 4. The molecule has 8 heteroatoms. The number of nitrogens with one attached hydrogen (secondary N) is 2. The molecular formula is C48H34I4N4. The van der Waals surface area contributed by atoms with E-state index in [1.807, 2.05) is 0 Å². The van der Waals surface area contributed by atoms with Crippen LogP contribution in [0.25, 0.3) is 79.2 Å². The summed E-state index contributed by atoms with van der Waals surface area (Å²) in [5, 5.41) is 0. The van der Waals surface area contributed by atoms with Crippen LogP contribution in [0.4, 0.5) is 0 Å². The molecule has 2 N–H and O–H groups in total. The van der Waals surface area contributed by atoms with E-state index in [9.17, 15) is 0 Å². The molecule has 56 heavy (non-hydrogen) atoms. The number of hydrogen-bond acceptors (Lipinski definition) is 2. The summed E-state index contributed by atoms with van der Waals surface area (Å²) >= 11 is 9.77. The third kappa shape index (κ3) is 7.70. The number of benzene rings is 4. The van der Waals surface area contributed by atoms with Crippen LogP contribution in [0.2, 0.25) is 0 Å². The minimum atomic E-state index is 0.893. The number of fused-ring (bicyclic) bond motifs is 8. The van der Waals surface area contributed by atoms with Crippen LogP contribution in [-0.4, -0.2) is 19.9 Å². The molecule has 0 radical (unpaired) electrons. The maximum Gasteiger partial charge on any atom is 0.0815 e. The highest BCUT2D eigenvalue weighted by atomic mass is 127. The highest BCUT2D eigenvalue weighted by Crippen LogP contribution is 2.46.